The summed E-state index contributed by atoms with van der Waals surface area (Å²) >= 11 is 0. The predicted molar refractivity (Wildman–Crippen MR) is 47.9 cm³/mol. The molecule has 12 heavy (non-hydrogen) atoms. The molecule has 0 bridgehead atoms. The van der Waals surface area contributed by atoms with Crippen LogP contribution >= 0.6 is 12.4 Å². The quantitative estimate of drug-likeness (QED) is 0.637. The highest BCUT2D eigenvalue weighted by Crippen LogP contribution is 2.13. The second-order valence-corrected chi connectivity index (χ2v) is 2.30. The van der Waals surface area contributed by atoms with Crippen LogP contribution in [0.25, 0.3) is 0 Å². The fraction of sp³-hybridized carbons (Fsp3) is 0.429. The molecular weight excluding hydrogens is 180 g/mol. The van der Waals surface area contributed by atoms with Gasteiger partial charge in [0.05, 0.1) is 6.04 Å². The van der Waals surface area contributed by atoms with E-state index in [-0.39, 0.29) is 25.1 Å². The number of hydrogen-bond acceptors (Lipinski definition) is 4. The summed E-state index contributed by atoms with van der Waals surface area (Å²) in [6.07, 6.45) is 0. The van der Waals surface area contributed by atoms with E-state index in [0.717, 1.165) is 0 Å². The fourth-order valence-corrected chi connectivity index (χ4v) is 0.795. The molecule has 0 fully saturated rings. The van der Waals surface area contributed by atoms with E-state index in [2.05, 4.69) is 0 Å². The average molecular weight is 193 g/mol. The smallest absolute Gasteiger partial charge is 0.129 e. The van der Waals surface area contributed by atoms with Gasteiger partial charge in [-0.25, -0.2) is 0 Å². The molecule has 5 heteroatoms. The van der Waals surface area contributed by atoms with Gasteiger partial charge in [0.15, 0.2) is 0 Å². The maximum atomic E-state index is 8.64. The van der Waals surface area contributed by atoms with Gasteiger partial charge >= 0.3 is 0 Å². The van der Waals surface area contributed by atoms with Crippen LogP contribution in [0.4, 0.5) is 0 Å². The Morgan fingerprint density at radius 3 is 2.58 bits per heavy atom. The third-order valence-electron chi connectivity index (χ3n) is 1.46. The van der Waals surface area contributed by atoms with Crippen LogP contribution in [0.5, 0.6) is 0 Å². The Balaban J connectivity index is 0.00000121. The van der Waals surface area contributed by atoms with Crippen molar-refractivity contribution in [1.29, 1.82) is 0 Å². The second kappa shape index (κ2) is 5.16. The maximum Gasteiger partial charge on any atom is 0.129 e. The van der Waals surface area contributed by atoms with Crippen LogP contribution in [0.3, 0.4) is 0 Å². The van der Waals surface area contributed by atoms with Crippen LogP contribution in [0.15, 0.2) is 16.5 Å². The van der Waals surface area contributed by atoms with E-state index in [9.17, 15) is 0 Å². The SMILES string of the molecule is Cl.NC[C@@H](N)c1ccc(CO)o1. The minimum atomic E-state index is -0.268. The van der Waals surface area contributed by atoms with Crippen molar-refractivity contribution in [2.45, 2.75) is 12.6 Å². The van der Waals surface area contributed by atoms with Gasteiger partial charge in [-0.05, 0) is 12.1 Å². The molecule has 0 saturated carbocycles. The molecule has 0 aliphatic rings. The van der Waals surface area contributed by atoms with E-state index in [1.807, 2.05) is 0 Å². The monoisotopic (exact) mass is 192 g/mol. The number of nitrogens with two attached hydrogens (primary N) is 2. The number of furan rings is 1. The number of aliphatic hydroxyl groups is 1. The Morgan fingerprint density at radius 1 is 1.50 bits per heavy atom. The van der Waals surface area contributed by atoms with Gasteiger partial charge in [0.25, 0.3) is 0 Å². The molecule has 0 amide bonds. The molecule has 1 rings (SSSR count). The Kier molecular flexibility index (Phi) is 4.92. The fourth-order valence-electron chi connectivity index (χ4n) is 0.795. The summed E-state index contributed by atoms with van der Waals surface area (Å²) in [5.41, 5.74) is 10.9. The Bertz CT molecular complexity index is 227. The third-order valence-corrected chi connectivity index (χ3v) is 1.46. The first-order valence-electron chi connectivity index (χ1n) is 3.43. The Labute approximate surface area is 76.9 Å². The minimum Gasteiger partial charge on any atom is -0.462 e. The standard InChI is InChI=1S/C7H12N2O2.ClH/c8-3-6(9)7-2-1-5(4-10)11-7;/h1-2,6,10H,3-4,8-9H2;1H/t6-;/m1./s1. The summed E-state index contributed by atoms with van der Waals surface area (Å²) in [6, 6.07) is 3.14. The number of aliphatic hydroxyl groups excluding tert-OH is 1. The number of rotatable bonds is 3. The van der Waals surface area contributed by atoms with Gasteiger partial charge in [-0.3, -0.25) is 0 Å². The summed E-state index contributed by atoms with van der Waals surface area (Å²) in [5.74, 6) is 1.14. The topological polar surface area (TPSA) is 85.4 Å². The van der Waals surface area contributed by atoms with E-state index in [4.69, 9.17) is 21.0 Å². The van der Waals surface area contributed by atoms with Gasteiger partial charge in [-0.1, -0.05) is 0 Å². The van der Waals surface area contributed by atoms with Gasteiger partial charge in [0, 0.05) is 6.54 Å². The molecule has 0 spiro atoms. The molecule has 0 aromatic carbocycles. The number of hydrogen-bond donors (Lipinski definition) is 3. The van der Waals surface area contributed by atoms with Crippen molar-refractivity contribution in [2.75, 3.05) is 6.54 Å². The zero-order valence-corrected chi connectivity index (χ0v) is 7.38. The molecule has 0 aliphatic carbocycles. The van der Waals surface area contributed by atoms with Gasteiger partial charge in [-0.2, -0.15) is 0 Å². The molecule has 1 atom stereocenters. The van der Waals surface area contributed by atoms with Crippen LogP contribution in [0.2, 0.25) is 0 Å². The summed E-state index contributed by atoms with van der Waals surface area (Å²) < 4.78 is 5.13. The second-order valence-electron chi connectivity index (χ2n) is 2.30. The first kappa shape index (κ1) is 11.4. The summed E-state index contributed by atoms with van der Waals surface area (Å²) in [7, 11) is 0. The molecule has 0 aliphatic heterocycles. The van der Waals surface area contributed by atoms with Crippen LogP contribution in [0.1, 0.15) is 17.6 Å². The number of halogens is 1. The Hall–Kier alpha value is -0.550. The Morgan fingerprint density at radius 2 is 2.17 bits per heavy atom. The predicted octanol–water partition coefficient (Wildman–Crippen LogP) is 0.152. The largest absolute Gasteiger partial charge is 0.462 e. The minimum absolute atomic E-state index is 0. The molecule has 70 valence electrons. The van der Waals surface area contributed by atoms with Crippen molar-refractivity contribution in [3.63, 3.8) is 0 Å². The summed E-state index contributed by atoms with van der Waals surface area (Å²) in [5, 5.41) is 8.64. The van der Waals surface area contributed by atoms with Crippen molar-refractivity contribution in [2.24, 2.45) is 11.5 Å². The van der Waals surface area contributed by atoms with Gasteiger partial charge in [-0.15, -0.1) is 12.4 Å². The van der Waals surface area contributed by atoms with E-state index in [1.165, 1.54) is 0 Å². The molecule has 1 aromatic heterocycles. The van der Waals surface area contributed by atoms with Crippen LogP contribution < -0.4 is 11.5 Å². The first-order valence-corrected chi connectivity index (χ1v) is 3.43. The third kappa shape index (κ3) is 2.49. The van der Waals surface area contributed by atoms with Crippen LogP contribution in [0, 0.1) is 0 Å². The van der Waals surface area contributed by atoms with E-state index in [0.29, 0.717) is 18.1 Å². The molecule has 1 heterocycles. The van der Waals surface area contributed by atoms with Gasteiger partial charge in [0.1, 0.15) is 18.1 Å². The van der Waals surface area contributed by atoms with Gasteiger partial charge in [0.2, 0.25) is 0 Å². The van der Waals surface area contributed by atoms with Gasteiger partial charge < -0.3 is 21.0 Å². The molecule has 5 N–H and O–H groups in total. The maximum absolute atomic E-state index is 8.64. The van der Waals surface area contributed by atoms with Crippen molar-refractivity contribution in [3.05, 3.63) is 23.7 Å². The first-order chi connectivity index (χ1) is 5.27. The van der Waals surface area contributed by atoms with Crippen LogP contribution in [-0.2, 0) is 6.61 Å². The van der Waals surface area contributed by atoms with Crippen molar-refractivity contribution >= 4 is 12.4 Å². The zero-order chi connectivity index (χ0) is 8.27. The normalized spacial score (nSPS) is 12.2. The van der Waals surface area contributed by atoms with E-state index < -0.39 is 0 Å². The molecule has 4 nitrogen and oxygen atoms in total. The van der Waals surface area contributed by atoms with E-state index >= 15 is 0 Å². The summed E-state index contributed by atoms with van der Waals surface area (Å²) in [4.78, 5) is 0. The lowest BCUT2D eigenvalue weighted by Crippen LogP contribution is -2.19. The highest BCUT2D eigenvalue weighted by atomic mass is 35.5. The summed E-state index contributed by atoms with van der Waals surface area (Å²) in [6.45, 7) is 0.246. The molecular formula is C7H13ClN2O2. The molecule has 0 unspecified atom stereocenters. The van der Waals surface area contributed by atoms with Crippen molar-refractivity contribution in [1.82, 2.24) is 0 Å². The van der Waals surface area contributed by atoms with Crippen LogP contribution in [-0.4, -0.2) is 11.7 Å². The molecule has 1 aromatic rings. The molecule has 0 saturated heterocycles. The van der Waals surface area contributed by atoms with E-state index in [1.54, 1.807) is 12.1 Å². The van der Waals surface area contributed by atoms with Crippen molar-refractivity contribution < 1.29 is 9.52 Å². The lowest BCUT2D eigenvalue weighted by atomic mass is 10.2. The van der Waals surface area contributed by atoms with Crippen molar-refractivity contribution in [3.8, 4) is 0 Å². The molecule has 0 radical (unpaired) electrons. The highest BCUT2D eigenvalue weighted by Gasteiger charge is 2.07. The lowest BCUT2D eigenvalue weighted by molar-refractivity contribution is 0.241. The zero-order valence-electron chi connectivity index (χ0n) is 6.56. The highest BCUT2D eigenvalue weighted by molar-refractivity contribution is 5.85. The lowest BCUT2D eigenvalue weighted by Gasteiger charge is -2.02. The average Bonchev–Trinajstić information content (AvgIpc) is 2.50.